The van der Waals surface area contributed by atoms with E-state index in [0.29, 0.717) is 11.0 Å². The first-order valence-electron chi connectivity index (χ1n) is 5.84. The maximum atomic E-state index is 11.7. The highest BCUT2D eigenvalue weighted by molar-refractivity contribution is 9.10. The molecule has 0 atom stereocenters. The van der Waals surface area contributed by atoms with Crippen LogP contribution in [-0.4, -0.2) is 49.1 Å². The van der Waals surface area contributed by atoms with Gasteiger partial charge in [-0.05, 0) is 41.1 Å². The Morgan fingerprint density at radius 2 is 1.95 bits per heavy atom. The summed E-state index contributed by atoms with van der Waals surface area (Å²) >= 11 is 3.35. The third-order valence-corrected chi connectivity index (χ3v) is 3.38. The molecule has 0 aliphatic heterocycles. The summed E-state index contributed by atoms with van der Waals surface area (Å²) in [6.07, 6.45) is 0. The van der Waals surface area contributed by atoms with Crippen LogP contribution in [0.15, 0.2) is 22.7 Å². The molecule has 0 aromatic heterocycles. The van der Waals surface area contributed by atoms with Crippen LogP contribution < -0.4 is 4.90 Å². The smallest absolute Gasteiger partial charge is 0.335 e. The Morgan fingerprint density at radius 3 is 2.37 bits per heavy atom. The number of aromatic carboxylic acids is 1. The van der Waals surface area contributed by atoms with E-state index in [2.05, 4.69) is 15.9 Å². The van der Waals surface area contributed by atoms with Crippen LogP contribution in [0.2, 0.25) is 0 Å². The van der Waals surface area contributed by atoms with Gasteiger partial charge in [-0.2, -0.15) is 0 Å². The number of carboxylic acid groups (broad SMARTS) is 1. The van der Waals surface area contributed by atoms with Gasteiger partial charge in [0.05, 0.1) is 17.8 Å². The predicted octanol–water partition coefficient (Wildman–Crippen LogP) is 2.06. The van der Waals surface area contributed by atoms with Gasteiger partial charge >= 0.3 is 5.97 Å². The third kappa shape index (κ3) is 3.96. The maximum absolute atomic E-state index is 11.7. The van der Waals surface area contributed by atoms with Crippen molar-refractivity contribution in [2.24, 2.45) is 0 Å². The Kier molecular flexibility index (Phi) is 5.35. The van der Waals surface area contributed by atoms with Crippen molar-refractivity contribution in [3.05, 3.63) is 28.2 Å². The van der Waals surface area contributed by atoms with Crippen molar-refractivity contribution in [2.45, 2.75) is 6.92 Å². The second-order valence-corrected chi connectivity index (χ2v) is 5.13. The molecule has 5 nitrogen and oxygen atoms in total. The number of benzene rings is 1. The fraction of sp³-hybridized carbons (Fsp3) is 0.385. The molecule has 0 radical (unpaired) electrons. The topological polar surface area (TPSA) is 60.9 Å². The first-order chi connectivity index (χ1) is 8.86. The van der Waals surface area contributed by atoms with Crippen molar-refractivity contribution in [1.29, 1.82) is 0 Å². The molecule has 1 N–H and O–H groups in total. The van der Waals surface area contributed by atoms with Crippen LogP contribution in [0.1, 0.15) is 17.3 Å². The minimum Gasteiger partial charge on any atom is -0.478 e. The molecule has 1 amide bonds. The molecule has 0 heterocycles. The molecule has 0 saturated heterocycles. The lowest BCUT2D eigenvalue weighted by molar-refractivity contribution is -0.127. The number of hydrogen-bond donors (Lipinski definition) is 1. The van der Waals surface area contributed by atoms with Crippen molar-refractivity contribution < 1.29 is 14.7 Å². The Hall–Kier alpha value is -1.56. The third-order valence-electron chi connectivity index (χ3n) is 2.74. The van der Waals surface area contributed by atoms with Crippen molar-refractivity contribution in [3.63, 3.8) is 0 Å². The summed E-state index contributed by atoms with van der Waals surface area (Å²) in [5, 5.41) is 8.92. The number of anilines is 1. The van der Waals surface area contributed by atoms with Gasteiger partial charge in [-0.15, -0.1) is 0 Å². The molecule has 0 spiro atoms. The molecule has 1 aromatic carbocycles. The Balaban J connectivity index is 2.99. The zero-order chi connectivity index (χ0) is 14.6. The van der Waals surface area contributed by atoms with E-state index in [4.69, 9.17) is 5.11 Å². The lowest BCUT2D eigenvalue weighted by atomic mass is 10.2. The van der Waals surface area contributed by atoms with Gasteiger partial charge < -0.3 is 14.9 Å². The quantitative estimate of drug-likeness (QED) is 0.898. The molecule has 6 heteroatoms. The summed E-state index contributed by atoms with van der Waals surface area (Å²) in [4.78, 5) is 26.0. The summed E-state index contributed by atoms with van der Waals surface area (Å²) in [6, 6.07) is 4.78. The van der Waals surface area contributed by atoms with Crippen molar-refractivity contribution in [3.8, 4) is 0 Å². The van der Waals surface area contributed by atoms with Crippen LogP contribution in [0.5, 0.6) is 0 Å². The number of carbonyl (C=O) groups excluding carboxylic acids is 1. The fourth-order valence-electron chi connectivity index (χ4n) is 1.57. The minimum absolute atomic E-state index is 0.00365. The normalized spacial score (nSPS) is 10.1. The Morgan fingerprint density at radius 1 is 1.32 bits per heavy atom. The fourth-order valence-corrected chi connectivity index (χ4v) is 2.20. The molecule has 0 fully saturated rings. The molecular weight excluding hydrogens is 312 g/mol. The van der Waals surface area contributed by atoms with Gasteiger partial charge in [0.1, 0.15) is 0 Å². The van der Waals surface area contributed by atoms with E-state index < -0.39 is 5.97 Å². The molecule has 0 bridgehead atoms. The lowest BCUT2D eigenvalue weighted by Crippen LogP contribution is -2.36. The number of carboxylic acids is 1. The first kappa shape index (κ1) is 15.5. The van der Waals surface area contributed by atoms with Gasteiger partial charge in [0.25, 0.3) is 0 Å². The van der Waals surface area contributed by atoms with E-state index in [1.807, 2.05) is 11.8 Å². The summed E-state index contributed by atoms with van der Waals surface area (Å²) < 4.78 is 0.667. The van der Waals surface area contributed by atoms with E-state index in [9.17, 15) is 9.59 Å². The largest absolute Gasteiger partial charge is 0.478 e. The zero-order valence-electron chi connectivity index (χ0n) is 11.2. The van der Waals surface area contributed by atoms with E-state index in [1.54, 1.807) is 26.2 Å². The SMILES string of the molecule is CCN(CC(=O)N(C)C)c1ccc(C(=O)O)cc1Br. The average Bonchev–Trinajstić information content (AvgIpc) is 2.35. The predicted molar refractivity (Wildman–Crippen MR) is 77.7 cm³/mol. The zero-order valence-corrected chi connectivity index (χ0v) is 12.8. The van der Waals surface area contributed by atoms with Crippen LogP contribution in [0.4, 0.5) is 5.69 Å². The van der Waals surface area contributed by atoms with E-state index in [-0.39, 0.29) is 18.0 Å². The number of hydrogen-bond acceptors (Lipinski definition) is 3. The molecule has 1 aromatic rings. The van der Waals surface area contributed by atoms with Crippen LogP contribution in [-0.2, 0) is 4.79 Å². The number of carbonyl (C=O) groups is 2. The number of amides is 1. The molecule has 0 aliphatic carbocycles. The number of halogens is 1. The van der Waals surface area contributed by atoms with Gasteiger partial charge in [-0.3, -0.25) is 4.79 Å². The van der Waals surface area contributed by atoms with Crippen molar-refractivity contribution >= 4 is 33.5 Å². The van der Waals surface area contributed by atoms with Gasteiger partial charge in [0.2, 0.25) is 5.91 Å². The molecule has 1 rings (SSSR count). The highest BCUT2D eigenvalue weighted by atomic mass is 79.9. The second kappa shape index (κ2) is 6.56. The molecule has 0 aliphatic rings. The average molecular weight is 329 g/mol. The van der Waals surface area contributed by atoms with Gasteiger partial charge in [-0.25, -0.2) is 4.79 Å². The highest BCUT2D eigenvalue weighted by Gasteiger charge is 2.15. The Bertz CT molecular complexity index is 489. The monoisotopic (exact) mass is 328 g/mol. The molecule has 0 saturated carbocycles. The summed E-state index contributed by atoms with van der Waals surface area (Å²) in [5.74, 6) is -0.976. The van der Waals surface area contributed by atoms with Gasteiger partial charge in [0, 0.05) is 25.1 Å². The molecule has 104 valence electrons. The Labute approximate surface area is 120 Å². The van der Waals surface area contributed by atoms with Crippen molar-refractivity contribution in [1.82, 2.24) is 4.90 Å². The highest BCUT2D eigenvalue weighted by Crippen LogP contribution is 2.27. The van der Waals surface area contributed by atoms with Crippen LogP contribution >= 0.6 is 15.9 Å². The van der Waals surface area contributed by atoms with Gasteiger partial charge in [0.15, 0.2) is 0 Å². The maximum Gasteiger partial charge on any atom is 0.335 e. The first-order valence-corrected chi connectivity index (χ1v) is 6.64. The summed E-state index contributed by atoms with van der Waals surface area (Å²) in [7, 11) is 3.41. The lowest BCUT2D eigenvalue weighted by Gasteiger charge is -2.25. The van der Waals surface area contributed by atoms with E-state index in [1.165, 1.54) is 11.0 Å². The second-order valence-electron chi connectivity index (χ2n) is 4.27. The molecule has 0 unspecified atom stereocenters. The standard InChI is InChI=1S/C13H17BrN2O3/c1-4-16(8-12(17)15(2)3)11-6-5-9(13(18)19)7-10(11)14/h5-7H,4,8H2,1-3H3,(H,18,19). The van der Waals surface area contributed by atoms with E-state index in [0.717, 1.165) is 5.69 Å². The molecule has 19 heavy (non-hydrogen) atoms. The van der Waals surface area contributed by atoms with E-state index >= 15 is 0 Å². The van der Waals surface area contributed by atoms with Crippen LogP contribution in [0, 0.1) is 0 Å². The summed E-state index contributed by atoms with van der Waals surface area (Å²) in [6.45, 7) is 2.86. The number of rotatable bonds is 5. The van der Waals surface area contributed by atoms with Crippen molar-refractivity contribution in [2.75, 3.05) is 32.1 Å². The number of nitrogens with zero attached hydrogens (tertiary/aromatic N) is 2. The van der Waals surface area contributed by atoms with Crippen LogP contribution in [0.3, 0.4) is 0 Å². The number of likely N-dealkylation sites (N-methyl/N-ethyl adjacent to an activating group) is 2. The molecular formula is C13H17BrN2O3. The van der Waals surface area contributed by atoms with Gasteiger partial charge in [-0.1, -0.05) is 0 Å². The summed E-state index contributed by atoms with van der Waals surface area (Å²) in [5.41, 5.74) is 1.02. The van der Waals surface area contributed by atoms with Crippen LogP contribution in [0.25, 0.3) is 0 Å². The minimum atomic E-state index is -0.973.